The smallest absolute Gasteiger partial charge is 0.199 e. The molecule has 0 saturated heterocycles. The van der Waals surface area contributed by atoms with Crippen LogP contribution in [-0.4, -0.2) is 0 Å². The minimum atomic E-state index is -4.35. The summed E-state index contributed by atoms with van der Waals surface area (Å²) in [5.74, 6) is 0. The molecule has 0 nitrogen and oxygen atoms in total. The molecule has 0 fully saturated rings. The fourth-order valence-electron chi connectivity index (χ4n) is 0.894. The van der Waals surface area contributed by atoms with E-state index in [0.29, 0.717) is 5.56 Å². The molecule has 0 saturated carbocycles. The Morgan fingerprint density at radius 2 is 1.64 bits per heavy atom. The van der Waals surface area contributed by atoms with Gasteiger partial charge in [-0.2, -0.15) is 17.6 Å². The van der Waals surface area contributed by atoms with E-state index in [1.54, 1.807) is 0 Å². The lowest BCUT2D eigenvalue weighted by Crippen LogP contribution is -2.03. The van der Waals surface area contributed by atoms with Crippen LogP contribution in [0.5, 0.6) is 0 Å². The lowest BCUT2D eigenvalue weighted by Gasteiger charge is -2.05. The van der Waals surface area contributed by atoms with Gasteiger partial charge in [0.15, 0.2) is 4.74 Å². The summed E-state index contributed by atoms with van der Waals surface area (Å²) in [6.07, 6.45) is -3.27. The minimum absolute atomic E-state index is 0.368. The van der Waals surface area contributed by atoms with Crippen molar-refractivity contribution in [3.05, 3.63) is 40.1 Å². The zero-order valence-corrected chi connectivity index (χ0v) is 8.36. The molecule has 5 heteroatoms. The summed E-state index contributed by atoms with van der Waals surface area (Å²) in [5, 5.41) is 0. The number of hydrogen-bond acceptors (Lipinski definition) is 0. The van der Waals surface area contributed by atoms with Crippen molar-refractivity contribution >= 4 is 22.0 Å². The van der Waals surface area contributed by atoms with Crippen LogP contribution in [-0.2, 0) is 6.18 Å². The van der Waals surface area contributed by atoms with Gasteiger partial charge in [0.1, 0.15) is 0 Å². The van der Waals surface area contributed by atoms with E-state index in [-0.39, 0.29) is 0 Å². The first-order valence-corrected chi connectivity index (χ1v) is 4.39. The number of rotatable bonds is 1. The number of hydrogen-bond donors (Lipinski definition) is 0. The second kappa shape index (κ2) is 4.13. The average molecular weight is 269 g/mol. The molecular weight excluding hydrogens is 264 g/mol. The van der Waals surface area contributed by atoms with Gasteiger partial charge in [0.05, 0.1) is 5.56 Å². The van der Waals surface area contributed by atoms with Gasteiger partial charge in [0.2, 0.25) is 0 Å². The first-order valence-electron chi connectivity index (χ1n) is 3.59. The van der Waals surface area contributed by atoms with E-state index in [1.807, 2.05) is 0 Å². The van der Waals surface area contributed by atoms with E-state index in [4.69, 9.17) is 0 Å². The monoisotopic (exact) mass is 268 g/mol. The van der Waals surface area contributed by atoms with Gasteiger partial charge in [0, 0.05) is 0 Å². The highest BCUT2D eigenvalue weighted by atomic mass is 79.9. The molecule has 0 bridgehead atoms. The van der Waals surface area contributed by atoms with Gasteiger partial charge in [-0.05, 0) is 39.7 Å². The predicted octanol–water partition coefficient (Wildman–Crippen LogP) is 4.37. The number of halogens is 5. The summed E-state index contributed by atoms with van der Waals surface area (Å²) >= 11 is 2.54. The van der Waals surface area contributed by atoms with Crippen LogP contribution < -0.4 is 0 Å². The molecule has 0 aliphatic carbocycles. The van der Waals surface area contributed by atoms with Crippen molar-refractivity contribution in [1.29, 1.82) is 0 Å². The Labute approximate surface area is 86.4 Å². The average Bonchev–Trinajstić information content (AvgIpc) is 2.02. The van der Waals surface area contributed by atoms with Crippen LogP contribution in [0.3, 0.4) is 0 Å². The third-order valence-electron chi connectivity index (χ3n) is 1.51. The van der Waals surface area contributed by atoms with E-state index < -0.39 is 16.5 Å². The van der Waals surface area contributed by atoms with Crippen molar-refractivity contribution in [2.45, 2.75) is 6.18 Å². The summed E-state index contributed by atoms with van der Waals surface area (Å²) in [5.41, 5.74) is -0.378. The Balaban J connectivity index is 2.95. The molecule has 0 aliphatic heterocycles. The van der Waals surface area contributed by atoms with Crippen molar-refractivity contribution in [1.82, 2.24) is 0 Å². The predicted molar refractivity (Wildman–Crippen MR) is 49.5 cm³/mol. The number of benzene rings is 1. The first kappa shape index (κ1) is 11.2. The normalized spacial score (nSPS) is 13.1. The molecular formula is C9H5BrF4. The van der Waals surface area contributed by atoms with E-state index in [0.717, 1.165) is 18.2 Å². The quantitative estimate of drug-likeness (QED) is 0.664. The second-order valence-electron chi connectivity index (χ2n) is 2.55. The van der Waals surface area contributed by atoms with Gasteiger partial charge in [-0.25, -0.2) is 0 Å². The van der Waals surface area contributed by atoms with E-state index in [2.05, 4.69) is 15.9 Å². The summed E-state index contributed by atoms with van der Waals surface area (Å²) in [6, 6.07) is 4.21. The van der Waals surface area contributed by atoms with E-state index in [9.17, 15) is 17.6 Å². The number of alkyl halides is 3. The maximum atomic E-state index is 12.3. The van der Waals surface area contributed by atoms with E-state index in [1.165, 1.54) is 12.1 Å². The van der Waals surface area contributed by atoms with Crippen molar-refractivity contribution in [2.24, 2.45) is 0 Å². The third-order valence-corrected chi connectivity index (χ3v) is 1.74. The Hall–Kier alpha value is -0.840. The molecule has 0 aromatic heterocycles. The van der Waals surface area contributed by atoms with Gasteiger partial charge in [-0.3, -0.25) is 0 Å². The zero-order chi connectivity index (χ0) is 10.8. The van der Waals surface area contributed by atoms with Gasteiger partial charge in [0.25, 0.3) is 0 Å². The standard InChI is InChI=1S/C9H5BrF4/c10-8(11)5-6-1-3-7(4-2-6)9(12,13)14/h1-5H/b8-5+. The Bertz CT molecular complexity index is 333. The van der Waals surface area contributed by atoms with E-state index >= 15 is 0 Å². The summed E-state index contributed by atoms with van der Waals surface area (Å²) in [6.45, 7) is 0. The Kier molecular flexibility index (Phi) is 3.31. The molecule has 0 aliphatic rings. The molecule has 14 heavy (non-hydrogen) atoms. The highest BCUT2D eigenvalue weighted by Gasteiger charge is 2.29. The van der Waals surface area contributed by atoms with Crippen LogP contribution in [0.15, 0.2) is 29.0 Å². The molecule has 0 radical (unpaired) electrons. The van der Waals surface area contributed by atoms with Gasteiger partial charge >= 0.3 is 6.18 Å². The fourth-order valence-corrected chi connectivity index (χ4v) is 1.16. The highest BCUT2D eigenvalue weighted by Crippen LogP contribution is 2.29. The SMILES string of the molecule is F/C(Br)=C/c1ccc(C(F)(F)F)cc1. The lowest BCUT2D eigenvalue weighted by atomic mass is 10.1. The van der Waals surface area contributed by atoms with Crippen LogP contribution >= 0.6 is 15.9 Å². The van der Waals surface area contributed by atoms with Crippen LogP contribution in [0.4, 0.5) is 17.6 Å². The van der Waals surface area contributed by atoms with Crippen LogP contribution in [0.25, 0.3) is 6.08 Å². The summed E-state index contributed by atoms with van der Waals surface area (Å²) in [4.78, 5) is 0. The molecule has 0 atom stereocenters. The first-order chi connectivity index (χ1) is 6.39. The van der Waals surface area contributed by atoms with Crippen molar-refractivity contribution < 1.29 is 17.6 Å². The molecule has 1 aromatic rings. The molecule has 0 amide bonds. The maximum Gasteiger partial charge on any atom is 0.416 e. The van der Waals surface area contributed by atoms with Crippen LogP contribution in [0.1, 0.15) is 11.1 Å². The highest BCUT2D eigenvalue weighted by molar-refractivity contribution is 9.11. The minimum Gasteiger partial charge on any atom is -0.199 e. The molecule has 76 valence electrons. The fraction of sp³-hybridized carbons (Fsp3) is 0.111. The summed E-state index contributed by atoms with van der Waals surface area (Å²) in [7, 11) is 0. The van der Waals surface area contributed by atoms with Crippen molar-refractivity contribution in [2.75, 3.05) is 0 Å². The molecule has 1 aromatic carbocycles. The van der Waals surface area contributed by atoms with Crippen LogP contribution in [0, 0.1) is 0 Å². The largest absolute Gasteiger partial charge is 0.416 e. The molecule has 1 rings (SSSR count). The molecule has 0 N–H and O–H groups in total. The molecule has 0 unspecified atom stereocenters. The van der Waals surface area contributed by atoms with Crippen molar-refractivity contribution in [3.8, 4) is 0 Å². The van der Waals surface area contributed by atoms with Gasteiger partial charge in [-0.1, -0.05) is 12.1 Å². The van der Waals surface area contributed by atoms with Crippen LogP contribution in [0.2, 0.25) is 0 Å². The maximum absolute atomic E-state index is 12.3. The van der Waals surface area contributed by atoms with Gasteiger partial charge < -0.3 is 0 Å². The van der Waals surface area contributed by atoms with Crippen molar-refractivity contribution in [3.63, 3.8) is 0 Å². The second-order valence-corrected chi connectivity index (χ2v) is 3.31. The third kappa shape index (κ3) is 3.14. The topological polar surface area (TPSA) is 0 Å². The Morgan fingerprint density at radius 1 is 1.14 bits per heavy atom. The van der Waals surface area contributed by atoms with Gasteiger partial charge in [-0.15, -0.1) is 0 Å². The molecule has 0 heterocycles. The molecule has 0 spiro atoms. The lowest BCUT2D eigenvalue weighted by molar-refractivity contribution is -0.137. The Morgan fingerprint density at radius 3 is 2.00 bits per heavy atom. The zero-order valence-electron chi connectivity index (χ0n) is 6.78. The summed E-state index contributed by atoms with van der Waals surface area (Å²) < 4.78 is 47.9.